The molecule has 0 bridgehead atoms. The van der Waals surface area contributed by atoms with Gasteiger partial charge in [0.15, 0.2) is 0 Å². The fourth-order valence-corrected chi connectivity index (χ4v) is 3.54. The van der Waals surface area contributed by atoms with Crippen molar-refractivity contribution in [1.29, 1.82) is 0 Å². The zero-order valence-corrected chi connectivity index (χ0v) is 14.3. The van der Waals surface area contributed by atoms with Crippen molar-refractivity contribution < 1.29 is 14.3 Å². The third-order valence-electron chi connectivity index (χ3n) is 4.71. The second-order valence-corrected chi connectivity index (χ2v) is 6.89. The molecule has 0 spiro atoms. The van der Waals surface area contributed by atoms with Gasteiger partial charge in [-0.2, -0.15) is 0 Å². The van der Waals surface area contributed by atoms with E-state index < -0.39 is 0 Å². The standard InChI is InChI=1S/C18H24ClNO3/c1-12-10-13(2-5-15(12)19)3-7-18(21)20-14-4-6-16-17(11-14)23-9-8-22-16/h2,5,10,14,16-17H,3-4,6-9,11H2,1H3,(H,20,21)/t14-,16+,17+/m1/s1. The summed E-state index contributed by atoms with van der Waals surface area (Å²) in [7, 11) is 0. The molecule has 1 aliphatic heterocycles. The van der Waals surface area contributed by atoms with Crippen molar-refractivity contribution >= 4 is 17.5 Å². The van der Waals surface area contributed by atoms with E-state index in [0.717, 1.165) is 41.8 Å². The van der Waals surface area contributed by atoms with Crippen LogP contribution in [-0.2, 0) is 20.7 Å². The Kier molecular flexibility index (Phi) is 5.57. The highest BCUT2D eigenvalue weighted by Gasteiger charge is 2.34. The summed E-state index contributed by atoms with van der Waals surface area (Å²) < 4.78 is 11.5. The molecule has 0 unspecified atom stereocenters. The molecule has 1 aliphatic carbocycles. The number of carbonyl (C=O) groups excluding carboxylic acids is 1. The van der Waals surface area contributed by atoms with Crippen LogP contribution in [0, 0.1) is 6.92 Å². The molecule has 1 amide bonds. The van der Waals surface area contributed by atoms with Gasteiger partial charge >= 0.3 is 0 Å². The van der Waals surface area contributed by atoms with Gasteiger partial charge in [-0.05, 0) is 49.8 Å². The maximum absolute atomic E-state index is 12.2. The number of aryl methyl sites for hydroxylation is 2. The lowest BCUT2D eigenvalue weighted by molar-refractivity contribution is -0.158. The largest absolute Gasteiger partial charge is 0.373 e. The molecular weight excluding hydrogens is 314 g/mol. The van der Waals surface area contributed by atoms with Gasteiger partial charge in [-0.3, -0.25) is 4.79 Å². The monoisotopic (exact) mass is 337 g/mol. The van der Waals surface area contributed by atoms with E-state index in [4.69, 9.17) is 21.1 Å². The lowest BCUT2D eigenvalue weighted by Gasteiger charge is -2.39. The van der Waals surface area contributed by atoms with Gasteiger partial charge in [-0.1, -0.05) is 23.7 Å². The van der Waals surface area contributed by atoms with Gasteiger partial charge in [0.1, 0.15) is 0 Å². The van der Waals surface area contributed by atoms with Gasteiger partial charge in [0, 0.05) is 17.5 Å². The predicted molar refractivity (Wildman–Crippen MR) is 89.8 cm³/mol. The summed E-state index contributed by atoms with van der Waals surface area (Å²) >= 11 is 6.03. The number of ether oxygens (including phenoxy) is 2. The minimum absolute atomic E-state index is 0.109. The van der Waals surface area contributed by atoms with E-state index in [9.17, 15) is 4.79 Å². The number of halogens is 1. The Bertz CT molecular complexity index is 563. The first-order valence-electron chi connectivity index (χ1n) is 8.39. The molecular formula is C18H24ClNO3. The van der Waals surface area contributed by atoms with Gasteiger partial charge in [0.05, 0.1) is 25.4 Å². The average molecular weight is 338 g/mol. The number of fused-ring (bicyclic) bond motifs is 1. The third-order valence-corrected chi connectivity index (χ3v) is 5.13. The van der Waals surface area contributed by atoms with Crippen LogP contribution in [0.5, 0.6) is 0 Å². The first-order chi connectivity index (χ1) is 11.1. The molecule has 2 aliphatic rings. The number of carbonyl (C=O) groups is 1. The summed E-state index contributed by atoms with van der Waals surface area (Å²) in [6.07, 6.45) is 4.39. The van der Waals surface area contributed by atoms with Crippen LogP contribution in [0.4, 0.5) is 0 Å². The van der Waals surface area contributed by atoms with E-state index in [1.807, 2.05) is 25.1 Å². The molecule has 0 radical (unpaired) electrons. The highest BCUT2D eigenvalue weighted by atomic mass is 35.5. The van der Waals surface area contributed by atoms with Gasteiger partial charge < -0.3 is 14.8 Å². The number of hydrogen-bond acceptors (Lipinski definition) is 3. The van der Waals surface area contributed by atoms with E-state index in [1.54, 1.807) is 0 Å². The van der Waals surface area contributed by atoms with Crippen molar-refractivity contribution in [2.24, 2.45) is 0 Å². The minimum atomic E-state index is 0.109. The quantitative estimate of drug-likeness (QED) is 0.918. The van der Waals surface area contributed by atoms with Crippen molar-refractivity contribution in [3.8, 4) is 0 Å². The number of nitrogens with one attached hydrogen (secondary N) is 1. The molecule has 2 fully saturated rings. The zero-order chi connectivity index (χ0) is 16.2. The van der Waals surface area contributed by atoms with Gasteiger partial charge in [0.2, 0.25) is 5.91 Å². The number of amides is 1. The Labute approximate surface area is 142 Å². The number of rotatable bonds is 4. The normalized spacial score (nSPS) is 27.3. The third kappa shape index (κ3) is 4.46. The maximum atomic E-state index is 12.2. The summed E-state index contributed by atoms with van der Waals surface area (Å²) in [4.78, 5) is 12.2. The van der Waals surface area contributed by atoms with Crippen molar-refractivity contribution in [3.63, 3.8) is 0 Å². The van der Waals surface area contributed by atoms with Crippen molar-refractivity contribution in [3.05, 3.63) is 34.3 Å². The minimum Gasteiger partial charge on any atom is -0.373 e. The zero-order valence-electron chi connectivity index (χ0n) is 13.5. The van der Waals surface area contributed by atoms with Crippen LogP contribution in [0.2, 0.25) is 5.02 Å². The molecule has 3 rings (SSSR count). The van der Waals surface area contributed by atoms with Gasteiger partial charge in [0.25, 0.3) is 0 Å². The summed E-state index contributed by atoms with van der Waals surface area (Å²) in [6.45, 7) is 3.34. The Hall–Kier alpha value is -1.10. The fourth-order valence-electron chi connectivity index (χ4n) is 3.42. The molecule has 1 aromatic carbocycles. The van der Waals surface area contributed by atoms with Crippen molar-refractivity contribution in [2.75, 3.05) is 13.2 Å². The average Bonchev–Trinajstić information content (AvgIpc) is 2.56. The molecule has 0 aromatic heterocycles. The highest BCUT2D eigenvalue weighted by Crippen LogP contribution is 2.27. The molecule has 4 nitrogen and oxygen atoms in total. The summed E-state index contributed by atoms with van der Waals surface area (Å²) in [5.41, 5.74) is 2.20. The molecule has 23 heavy (non-hydrogen) atoms. The number of hydrogen-bond donors (Lipinski definition) is 1. The van der Waals surface area contributed by atoms with Crippen LogP contribution in [0.15, 0.2) is 18.2 Å². The van der Waals surface area contributed by atoms with Gasteiger partial charge in [-0.15, -0.1) is 0 Å². The predicted octanol–water partition coefficient (Wildman–Crippen LogP) is 3.03. The molecule has 1 N–H and O–H groups in total. The van der Waals surface area contributed by atoms with Crippen LogP contribution < -0.4 is 5.32 Å². The highest BCUT2D eigenvalue weighted by molar-refractivity contribution is 6.31. The molecule has 1 saturated carbocycles. The van der Waals surface area contributed by atoms with Crippen LogP contribution in [0.1, 0.15) is 36.8 Å². The van der Waals surface area contributed by atoms with E-state index >= 15 is 0 Å². The van der Waals surface area contributed by atoms with E-state index in [0.29, 0.717) is 19.6 Å². The van der Waals surface area contributed by atoms with Crippen LogP contribution >= 0.6 is 11.6 Å². The fraction of sp³-hybridized carbons (Fsp3) is 0.611. The van der Waals surface area contributed by atoms with E-state index in [1.165, 1.54) is 0 Å². The van der Waals surface area contributed by atoms with Crippen molar-refractivity contribution in [1.82, 2.24) is 5.32 Å². The van der Waals surface area contributed by atoms with Crippen LogP contribution in [-0.4, -0.2) is 37.4 Å². The Morgan fingerprint density at radius 2 is 2.04 bits per heavy atom. The Morgan fingerprint density at radius 1 is 1.26 bits per heavy atom. The first kappa shape index (κ1) is 16.7. The molecule has 126 valence electrons. The first-order valence-corrected chi connectivity index (χ1v) is 8.77. The topological polar surface area (TPSA) is 47.6 Å². The second kappa shape index (κ2) is 7.65. The molecule has 1 heterocycles. The molecule has 1 saturated heterocycles. The van der Waals surface area contributed by atoms with Crippen molar-refractivity contribution in [2.45, 2.75) is 57.3 Å². The van der Waals surface area contributed by atoms with E-state index in [2.05, 4.69) is 5.32 Å². The van der Waals surface area contributed by atoms with Crippen LogP contribution in [0.3, 0.4) is 0 Å². The SMILES string of the molecule is Cc1cc(CCC(=O)N[C@@H]2CC[C@@H]3OCCO[C@H]3C2)ccc1Cl. The number of benzene rings is 1. The summed E-state index contributed by atoms with van der Waals surface area (Å²) in [5, 5.41) is 3.92. The molecule has 1 aromatic rings. The Balaban J connectivity index is 1.45. The summed E-state index contributed by atoms with van der Waals surface area (Å²) in [6, 6.07) is 6.14. The second-order valence-electron chi connectivity index (χ2n) is 6.48. The lowest BCUT2D eigenvalue weighted by Crippen LogP contribution is -2.49. The van der Waals surface area contributed by atoms with Crippen LogP contribution in [0.25, 0.3) is 0 Å². The smallest absolute Gasteiger partial charge is 0.220 e. The molecule has 3 atom stereocenters. The summed E-state index contributed by atoms with van der Waals surface area (Å²) in [5.74, 6) is 0.109. The lowest BCUT2D eigenvalue weighted by atomic mass is 9.89. The van der Waals surface area contributed by atoms with E-state index in [-0.39, 0.29) is 24.2 Å². The maximum Gasteiger partial charge on any atom is 0.220 e. The van der Waals surface area contributed by atoms with Gasteiger partial charge in [-0.25, -0.2) is 0 Å². The Morgan fingerprint density at radius 3 is 2.83 bits per heavy atom. The molecule has 5 heteroatoms.